The molecule has 134 valence electrons. The van der Waals surface area contributed by atoms with Crippen LogP contribution in [0.3, 0.4) is 0 Å². The van der Waals surface area contributed by atoms with Crippen LogP contribution < -0.4 is 5.32 Å². The van der Waals surface area contributed by atoms with Gasteiger partial charge in [-0.3, -0.25) is 19.3 Å². The number of fused-ring (bicyclic) bond motifs is 1. The highest BCUT2D eigenvalue weighted by Gasteiger charge is 2.35. The van der Waals surface area contributed by atoms with E-state index in [0.29, 0.717) is 22.9 Å². The predicted molar refractivity (Wildman–Crippen MR) is 92.9 cm³/mol. The number of amides is 3. The lowest BCUT2D eigenvalue weighted by Gasteiger charge is -2.12. The summed E-state index contributed by atoms with van der Waals surface area (Å²) in [4.78, 5) is 37.8. The third-order valence-electron chi connectivity index (χ3n) is 4.33. The van der Waals surface area contributed by atoms with Gasteiger partial charge in [0.1, 0.15) is 11.1 Å². The highest BCUT2D eigenvalue weighted by Crippen LogP contribution is 2.32. The van der Waals surface area contributed by atoms with Crippen LogP contribution in [0.2, 0.25) is 0 Å². The second-order valence-corrected chi connectivity index (χ2v) is 7.06. The largest absolute Gasteiger partial charge is 0.371 e. The number of benzene rings is 1. The van der Waals surface area contributed by atoms with E-state index in [-0.39, 0.29) is 36.8 Å². The van der Waals surface area contributed by atoms with Crippen molar-refractivity contribution < 1.29 is 19.1 Å². The summed E-state index contributed by atoms with van der Waals surface area (Å²) in [7, 11) is 0. The van der Waals surface area contributed by atoms with E-state index in [0.717, 1.165) is 22.7 Å². The summed E-state index contributed by atoms with van der Waals surface area (Å²) in [5.74, 6) is -1.05. The molecule has 0 bridgehead atoms. The van der Waals surface area contributed by atoms with Gasteiger partial charge < -0.3 is 10.1 Å². The summed E-state index contributed by atoms with van der Waals surface area (Å²) in [5.41, 5.74) is 0.756. The Labute approximate surface area is 153 Å². The molecular weight excluding hydrogens is 356 g/mol. The van der Waals surface area contributed by atoms with Crippen LogP contribution in [-0.2, 0) is 9.53 Å². The van der Waals surface area contributed by atoms with Crippen LogP contribution in [0.25, 0.3) is 0 Å². The molecule has 3 heterocycles. The van der Waals surface area contributed by atoms with Crippen molar-refractivity contribution >= 4 is 34.2 Å². The number of hydrogen-bond donors (Lipinski definition) is 1. The number of nitrogens with one attached hydrogen (secondary N) is 1. The van der Waals surface area contributed by atoms with Crippen molar-refractivity contribution in [3.8, 4) is 0 Å². The molecule has 0 spiro atoms. The van der Waals surface area contributed by atoms with E-state index in [2.05, 4.69) is 15.5 Å². The molecule has 0 radical (unpaired) electrons. The van der Waals surface area contributed by atoms with Gasteiger partial charge in [0, 0.05) is 19.6 Å². The van der Waals surface area contributed by atoms with Crippen LogP contribution in [0.15, 0.2) is 24.3 Å². The molecular formula is C17H16N4O4S. The first-order chi connectivity index (χ1) is 12.6. The number of carbonyl (C=O) groups is 3. The van der Waals surface area contributed by atoms with Crippen molar-refractivity contribution in [2.75, 3.05) is 18.5 Å². The Kier molecular flexibility index (Phi) is 4.48. The normalized spacial score (nSPS) is 19.1. The standard InChI is InChI=1S/C17H16N4O4S/c22-13(18-17-20-19-14(26-17)12-6-3-9-25-12)7-8-21-15(23)10-4-1-2-5-11(10)16(21)24/h1-2,4-5,12H,3,6-9H2,(H,18,20,22)/t12-/m0/s1. The molecule has 1 aromatic heterocycles. The number of nitrogens with zero attached hydrogens (tertiary/aromatic N) is 3. The third kappa shape index (κ3) is 3.11. The molecule has 0 unspecified atom stereocenters. The number of hydrogen-bond acceptors (Lipinski definition) is 7. The molecule has 3 amide bonds. The second kappa shape index (κ2) is 6.93. The lowest BCUT2D eigenvalue weighted by molar-refractivity contribution is -0.116. The van der Waals surface area contributed by atoms with Gasteiger partial charge in [-0.25, -0.2) is 0 Å². The van der Waals surface area contributed by atoms with Crippen LogP contribution in [0.4, 0.5) is 5.13 Å². The molecule has 2 aromatic rings. The molecule has 0 saturated carbocycles. The van der Waals surface area contributed by atoms with Gasteiger partial charge in [0.05, 0.1) is 11.1 Å². The molecule has 0 aliphatic carbocycles. The van der Waals surface area contributed by atoms with Crippen molar-refractivity contribution in [2.24, 2.45) is 0 Å². The van der Waals surface area contributed by atoms with Gasteiger partial charge >= 0.3 is 0 Å². The van der Waals surface area contributed by atoms with E-state index in [4.69, 9.17) is 4.74 Å². The van der Waals surface area contributed by atoms with Crippen molar-refractivity contribution in [1.29, 1.82) is 0 Å². The number of anilines is 1. The van der Waals surface area contributed by atoms with Crippen LogP contribution in [0.1, 0.15) is 51.1 Å². The van der Waals surface area contributed by atoms with Crippen LogP contribution in [0, 0.1) is 0 Å². The van der Waals surface area contributed by atoms with Gasteiger partial charge in [-0.2, -0.15) is 0 Å². The molecule has 1 aromatic carbocycles. The summed E-state index contributed by atoms with van der Waals surface area (Å²) in [6, 6.07) is 6.65. The molecule has 1 saturated heterocycles. The Bertz CT molecular complexity index is 840. The number of imide groups is 1. The van der Waals surface area contributed by atoms with Gasteiger partial charge in [0.15, 0.2) is 0 Å². The fourth-order valence-electron chi connectivity index (χ4n) is 3.02. The first-order valence-corrected chi connectivity index (χ1v) is 9.15. The molecule has 2 aliphatic rings. The molecule has 1 fully saturated rings. The zero-order chi connectivity index (χ0) is 18.1. The van der Waals surface area contributed by atoms with Crippen LogP contribution in [-0.4, -0.2) is 46.0 Å². The average molecular weight is 372 g/mol. The van der Waals surface area contributed by atoms with Crippen molar-refractivity contribution in [1.82, 2.24) is 15.1 Å². The maximum atomic E-state index is 12.3. The molecule has 1 N–H and O–H groups in total. The lowest BCUT2D eigenvalue weighted by Crippen LogP contribution is -2.32. The maximum absolute atomic E-state index is 12.3. The summed E-state index contributed by atoms with van der Waals surface area (Å²) in [6.07, 6.45) is 1.85. The zero-order valence-electron chi connectivity index (χ0n) is 13.8. The average Bonchev–Trinajstić information content (AvgIpc) is 3.36. The summed E-state index contributed by atoms with van der Waals surface area (Å²) in [6.45, 7) is 0.738. The Morgan fingerprint density at radius 1 is 1.23 bits per heavy atom. The Morgan fingerprint density at radius 2 is 1.96 bits per heavy atom. The lowest BCUT2D eigenvalue weighted by atomic mass is 10.1. The van der Waals surface area contributed by atoms with E-state index >= 15 is 0 Å². The Balaban J connectivity index is 1.33. The molecule has 9 heteroatoms. The minimum absolute atomic E-state index is 0.000308. The second-order valence-electron chi connectivity index (χ2n) is 6.05. The number of aromatic nitrogens is 2. The fourth-order valence-corrected chi connectivity index (χ4v) is 3.87. The smallest absolute Gasteiger partial charge is 0.261 e. The summed E-state index contributed by atoms with van der Waals surface area (Å²) < 4.78 is 5.54. The molecule has 2 aliphatic heterocycles. The molecule has 8 nitrogen and oxygen atoms in total. The third-order valence-corrected chi connectivity index (χ3v) is 5.26. The van der Waals surface area contributed by atoms with Crippen LogP contribution >= 0.6 is 11.3 Å². The number of rotatable bonds is 5. The maximum Gasteiger partial charge on any atom is 0.261 e. The minimum atomic E-state index is -0.366. The van der Waals surface area contributed by atoms with Gasteiger partial charge in [-0.05, 0) is 25.0 Å². The Morgan fingerprint density at radius 3 is 2.62 bits per heavy atom. The van der Waals surface area contributed by atoms with E-state index < -0.39 is 0 Å². The van der Waals surface area contributed by atoms with Crippen molar-refractivity contribution in [3.63, 3.8) is 0 Å². The first-order valence-electron chi connectivity index (χ1n) is 8.33. The van der Waals surface area contributed by atoms with E-state index in [1.165, 1.54) is 11.3 Å². The van der Waals surface area contributed by atoms with Crippen LogP contribution in [0.5, 0.6) is 0 Å². The fraction of sp³-hybridized carbons (Fsp3) is 0.353. The quantitative estimate of drug-likeness (QED) is 0.806. The van der Waals surface area contributed by atoms with Gasteiger partial charge in [0.2, 0.25) is 11.0 Å². The van der Waals surface area contributed by atoms with E-state index in [1.54, 1.807) is 24.3 Å². The summed E-state index contributed by atoms with van der Waals surface area (Å²) >= 11 is 1.28. The highest BCUT2D eigenvalue weighted by atomic mass is 32.1. The highest BCUT2D eigenvalue weighted by molar-refractivity contribution is 7.15. The monoisotopic (exact) mass is 372 g/mol. The number of ether oxygens (including phenoxy) is 1. The Hall–Kier alpha value is -2.65. The molecule has 26 heavy (non-hydrogen) atoms. The molecule has 4 rings (SSSR count). The minimum Gasteiger partial charge on any atom is -0.371 e. The van der Waals surface area contributed by atoms with Gasteiger partial charge in [0.25, 0.3) is 11.8 Å². The SMILES string of the molecule is O=C(CCN1C(=O)c2ccccc2C1=O)Nc1nnc([C@@H]2CCCO2)s1. The predicted octanol–water partition coefficient (Wildman–Crippen LogP) is 2.01. The number of carbonyl (C=O) groups excluding carboxylic acids is 3. The van der Waals surface area contributed by atoms with Crippen molar-refractivity contribution in [2.45, 2.75) is 25.4 Å². The first kappa shape index (κ1) is 16.8. The molecule has 1 atom stereocenters. The topological polar surface area (TPSA) is 101 Å². The van der Waals surface area contributed by atoms with E-state index in [1.807, 2.05) is 0 Å². The van der Waals surface area contributed by atoms with Gasteiger partial charge in [-0.1, -0.05) is 23.5 Å². The summed E-state index contributed by atoms with van der Waals surface area (Å²) in [5, 5.41) is 11.8. The zero-order valence-corrected chi connectivity index (χ0v) is 14.6. The van der Waals surface area contributed by atoms with Gasteiger partial charge in [-0.15, -0.1) is 10.2 Å². The van der Waals surface area contributed by atoms with E-state index in [9.17, 15) is 14.4 Å². The van der Waals surface area contributed by atoms with Crippen molar-refractivity contribution in [3.05, 3.63) is 40.4 Å².